The second kappa shape index (κ2) is 7.80. The molecule has 1 aromatic heterocycles. The number of carbonyl (C=O) groups excluding carboxylic acids is 1. The first-order valence-electron chi connectivity index (χ1n) is 8.25. The van der Waals surface area contributed by atoms with E-state index in [-0.39, 0.29) is 6.54 Å². The summed E-state index contributed by atoms with van der Waals surface area (Å²) in [7, 11) is 1.55. The Morgan fingerprint density at radius 2 is 1.58 bits per heavy atom. The van der Waals surface area contributed by atoms with Crippen molar-refractivity contribution in [2.75, 3.05) is 7.11 Å². The van der Waals surface area contributed by atoms with Gasteiger partial charge >= 0.3 is 0 Å². The van der Waals surface area contributed by atoms with Gasteiger partial charge in [0.2, 0.25) is 5.88 Å². The van der Waals surface area contributed by atoms with Crippen molar-refractivity contribution in [1.29, 1.82) is 0 Å². The Labute approximate surface area is 152 Å². The Hall–Kier alpha value is -3.18. The van der Waals surface area contributed by atoms with Crippen molar-refractivity contribution in [2.45, 2.75) is 12.1 Å². The van der Waals surface area contributed by atoms with E-state index in [2.05, 4.69) is 10.3 Å². The van der Waals surface area contributed by atoms with Crippen LogP contribution in [0.5, 0.6) is 5.88 Å². The van der Waals surface area contributed by atoms with Crippen molar-refractivity contribution in [3.8, 4) is 5.88 Å². The lowest BCUT2D eigenvalue weighted by molar-refractivity contribution is -0.136. The van der Waals surface area contributed by atoms with Gasteiger partial charge < -0.3 is 15.2 Å². The summed E-state index contributed by atoms with van der Waals surface area (Å²) in [5.41, 5.74) is 0.0540. The van der Waals surface area contributed by atoms with Crippen LogP contribution in [0.4, 0.5) is 0 Å². The van der Waals surface area contributed by atoms with Gasteiger partial charge in [0.1, 0.15) is 0 Å². The molecule has 2 aromatic carbocycles. The quantitative estimate of drug-likeness (QED) is 0.718. The second-order valence-corrected chi connectivity index (χ2v) is 5.83. The predicted octanol–water partition coefficient (Wildman–Crippen LogP) is 2.64. The molecule has 0 aliphatic carbocycles. The summed E-state index contributed by atoms with van der Waals surface area (Å²) in [4.78, 5) is 17.1. The maximum Gasteiger partial charge on any atom is 0.261 e. The van der Waals surface area contributed by atoms with Crippen LogP contribution in [-0.4, -0.2) is 23.1 Å². The Morgan fingerprint density at radius 1 is 1.00 bits per heavy atom. The summed E-state index contributed by atoms with van der Waals surface area (Å²) in [6, 6.07) is 21.4. The minimum atomic E-state index is -1.78. The fraction of sp³-hybridized carbons (Fsp3) is 0.143. The molecule has 0 spiro atoms. The van der Waals surface area contributed by atoms with Crippen LogP contribution in [0.1, 0.15) is 16.7 Å². The molecule has 1 amide bonds. The number of hydrogen-bond donors (Lipinski definition) is 2. The molecule has 5 nitrogen and oxygen atoms in total. The average Bonchev–Trinajstić information content (AvgIpc) is 2.73. The normalized spacial score (nSPS) is 11.0. The largest absolute Gasteiger partial charge is 0.481 e. The van der Waals surface area contributed by atoms with Gasteiger partial charge in [0, 0.05) is 18.8 Å². The summed E-state index contributed by atoms with van der Waals surface area (Å²) >= 11 is 0. The topological polar surface area (TPSA) is 71.5 Å². The maximum absolute atomic E-state index is 13.0. The molecular weight excluding hydrogens is 328 g/mol. The lowest BCUT2D eigenvalue weighted by Gasteiger charge is -2.28. The van der Waals surface area contributed by atoms with Gasteiger partial charge in [0.15, 0.2) is 5.60 Å². The number of carbonyl (C=O) groups is 1. The van der Waals surface area contributed by atoms with E-state index in [9.17, 15) is 9.90 Å². The molecule has 132 valence electrons. The molecule has 2 N–H and O–H groups in total. The maximum atomic E-state index is 13.0. The first-order chi connectivity index (χ1) is 12.6. The average molecular weight is 348 g/mol. The van der Waals surface area contributed by atoms with Crippen LogP contribution >= 0.6 is 0 Å². The van der Waals surface area contributed by atoms with Gasteiger partial charge in [-0.1, -0.05) is 66.7 Å². The van der Waals surface area contributed by atoms with Crippen LogP contribution in [-0.2, 0) is 16.9 Å². The predicted molar refractivity (Wildman–Crippen MR) is 98.5 cm³/mol. The Morgan fingerprint density at radius 3 is 2.04 bits per heavy atom. The lowest BCUT2D eigenvalue weighted by atomic mass is 9.85. The zero-order chi connectivity index (χ0) is 18.4. The summed E-state index contributed by atoms with van der Waals surface area (Å²) < 4.78 is 5.03. The summed E-state index contributed by atoms with van der Waals surface area (Å²) in [5, 5.41) is 14.1. The molecular formula is C21H20N2O3. The van der Waals surface area contributed by atoms with E-state index in [4.69, 9.17) is 4.74 Å². The van der Waals surface area contributed by atoms with E-state index in [1.807, 2.05) is 18.2 Å². The van der Waals surface area contributed by atoms with Crippen LogP contribution in [0.15, 0.2) is 79.0 Å². The van der Waals surface area contributed by atoms with Gasteiger partial charge in [-0.3, -0.25) is 4.79 Å². The smallest absolute Gasteiger partial charge is 0.261 e. The number of hydrogen-bond acceptors (Lipinski definition) is 4. The summed E-state index contributed by atoms with van der Waals surface area (Å²) in [6.45, 7) is 0.248. The van der Waals surface area contributed by atoms with Crippen LogP contribution in [0.25, 0.3) is 0 Å². The molecule has 3 aromatic rings. The van der Waals surface area contributed by atoms with Crippen molar-refractivity contribution >= 4 is 5.91 Å². The van der Waals surface area contributed by atoms with Crippen molar-refractivity contribution in [3.63, 3.8) is 0 Å². The highest BCUT2D eigenvalue weighted by Gasteiger charge is 2.39. The molecule has 1 heterocycles. The Balaban J connectivity index is 1.86. The number of aliphatic hydroxyl groups is 1. The van der Waals surface area contributed by atoms with E-state index < -0.39 is 11.5 Å². The van der Waals surface area contributed by atoms with Gasteiger partial charge in [0.05, 0.1) is 7.11 Å². The van der Waals surface area contributed by atoms with Gasteiger partial charge in [0.25, 0.3) is 5.91 Å². The number of ether oxygens (including phenoxy) is 1. The second-order valence-electron chi connectivity index (χ2n) is 5.83. The van der Waals surface area contributed by atoms with E-state index in [0.717, 1.165) is 5.56 Å². The van der Waals surface area contributed by atoms with Crippen molar-refractivity contribution < 1.29 is 14.6 Å². The lowest BCUT2D eigenvalue weighted by Crippen LogP contribution is -2.45. The highest BCUT2D eigenvalue weighted by atomic mass is 16.5. The third-order valence-electron chi connectivity index (χ3n) is 4.17. The van der Waals surface area contributed by atoms with Gasteiger partial charge in [-0.25, -0.2) is 4.98 Å². The molecule has 0 saturated carbocycles. The molecule has 26 heavy (non-hydrogen) atoms. The van der Waals surface area contributed by atoms with Crippen LogP contribution in [0, 0.1) is 0 Å². The monoisotopic (exact) mass is 348 g/mol. The van der Waals surface area contributed by atoms with E-state index in [1.165, 1.54) is 0 Å². The molecule has 0 bridgehead atoms. The number of nitrogens with zero attached hydrogens (tertiary/aromatic N) is 1. The number of aromatic nitrogens is 1. The zero-order valence-electron chi connectivity index (χ0n) is 14.4. The molecule has 0 fully saturated rings. The Kier molecular flexibility index (Phi) is 5.29. The molecule has 0 saturated heterocycles. The molecule has 0 radical (unpaired) electrons. The van der Waals surface area contributed by atoms with Crippen LogP contribution < -0.4 is 10.1 Å². The van der Waals surface area contributed by atoms with Crippen LogP contribution in [0.2, 0.25) is 0 Å². The standard InChI is InChI=1S/C21H20N2O3/c1-26-19-13-12-16(14-22-19)15-23-20(24)21(25,17-8-4-2-5-9-17)18-10-6-3-7-11-18/h2-14,25H,15H2,1H3,(H,23,24). The molecule has 0 aliphatic heterocycles. The molecule has 0 atom stereocenters. The first kappa shape index (κ1) is 17.6. The van der Waals surface area contributed by atoms with Crippen LogP contribution in [0.3, 0.4) is 0 Å². The van der Waals surface area contributed by atoms with E-state index in [1.54, 1.807) is 67.9 Å². The van der Waals surface area contributed by atoms with E-state index >= 15 is 0 Å². The highest BCUT2D eigenvalue weighted by molar-refractivity contribution is 5.90. The fourth-order valence-electron chi connectivity index (χ4n) is 2.73. The first-order valence-corrected chi connectivity index (χ1v) is 8.25. The van der Waals surface area contributed by atoms with Gasteiger partial charge in [-0.2, -0.15) is 0 Å². The van der Waals surface area contributed by atoms with Gasteiger partial charge in [-0.15, -0.1) is 0 Å². The van der Waals surface area contributed by atoms with Crippen molar-refractivity contribution in [3.05, 3.63) is 95.7 Å². The third kappa shape index (κ3) is 3.58. The number of nitrogens with one attached hydrogen (secondary N) is 1. The summed E-state index contributed by atoms with van der Waals surface area (Å²) in [5.74, 6) is 0.0101. The SMILES string of the molecule is COc1ccc(CNC(=O)C(O)(c2ccccc2)c2ccccc2)cn1. The zero-order valence-corrected chi connectivity index (χ0v) is 14.4. The van der Waals surface area contributed by atoms with E-state index in [0.29, 0.717) is 17.0 Å². The summed E-state index contributed by atoms with van der Waals surface area (Å²) in [6.07, 6.45) is 1.63. The number of rotatable bonds is 6. The highest BCUT2D eigenvalue weighted by Crippen LogP contribution is 2.30. The van der Waals surface area contributed by atoms with Crippen molar-refractivity contribution in [2.24, 2.45) is 0 Å². The molecule has 0 aliphatic rings. The number of pyridine rings is 1. The molecule has 0 unspecified atom stereocenters. The fourth-order valence-corrected chi connectivity index (χ4v) is 2.73. The number of benzene rings is 2. The molecule has 5 heteroatoms. The molecule has 3 rings (SSSR count). The number of amides is 1. The number of methoxy groups -OCH3 is 1. The third-order valence-corrected chi connectivity index (χ3v) is 4.17. The Bertz CT molecular complexity index is 810. The minimum Gasteiger partial charge on any atom is -0.481 e. The van der Waals surface area contributed by atoms with Crippen molar-refractivity contribution in [1.82, 2.24) is 10.3 Å². The minimum absolute atomic E-state index is 0.248. The van der Waals surface area contributed by atoms with Gasteiger partial charge in [-0.05, 0) is 16.7 Å².